The van der Waals surface area contributed by atoms with Crippen LogP contribution in [-0.4, -0.2) is 24.0 Å². The second kappa shape index (κ2) is 11.3. The first kappa shape index (κ1) is 23.3. The molecule has 1 aromatic heterocycles. The first-order chi connectivity index (χ1) is 16.6. The summed E-state index contributed by atoms with van der Waals surface area (Å²) in [6, 6.07) is 18.1. The number of nitrogens with zero attached hydrogens (tertiary/aromatic N) is 1. The number of allylic oxidation sites excluding steroid dienone is 2. The standard InChI is InChI=1S/C29H30N2O3/c1-21(8-5-9-22-10-7-17-30-19-22)31-29(32)14-6-13-26-25-12-4-3-11-23(25)20-34-28-18-24(33-2)15-16-27(26)28/h3-4,6-7,10-19,21H,5,8-9,20H2,1-2H3,(H,31,32)/b14-6+,26-13+. The zero-order chi connectivity index (χ0) is 23.8. The van der Waals surface area contributed by atoms with Crippen LogP contribution in [0.4, 0.5) is 0 Å². The minimum atomic E-state index is -0.0983. The van der Waals surface area contributed by atoms with Crippen LogP contribution in [0.2, 0.25) is 0 Å². The van der Waals surface area contributed by atoms with Crippen LogP contribution in [0.3, 0.4) is 0 Å². The molecule has 5 nitrogen and oxygen atoms in total. The van der Waals surface area contributed by atoms with Crippen LogP contribution in [0, 0.1) is 0 Å². The van der Waals surface area contributed by atoms with Crippen LogP contribution in [0.5, 0.6) is 11.5 Å². The average molecular weight is 455 g/mol. The Morgan fingerprint density at radius 3 is 2.88 bits per heavy atom. The van der Waals surface area contributed by atoms with E-state index in [1.807, 2.05) is 61.7 Å². The number of ether oxygens (including phenoxy) is 2. The highest BCUT2D eigenvalue weighted by Gasteiger charge is 2.19. The minimum absolute atomic E-state index is 0.0983. The molecule has 0 aliphatic carbocycles. The van der Waals surface area contributed by atoms with Crippen LogP contribution >= 0.6 is 0 Å². The maximum Gasteiger partial charge on any atom is 0.244 e. The smallest absolute Gasteiger partial charge is 0.244 e. The molecule has 2 aromatic carbocycles. The van der Waals surface area contributed by atoms with E-state index in [1.54, 1.807) is 19.4 Å². The maximum atomic E-state index is 12.5. The number of pyridine rings is 1. The number of methoxy groups -OCH3 is 1. The number of aromatic nitrogens is 1. The molecule has 4 rings (SSSR count). The van der Waals surface area contributed by atoms with Gasteiger partial charge >= 0.3 is 0 Å². The third-order valence-corrected chi connectivity index (χ3v) is 5.89. The van der Waals surface area contributed by atoms with E-state index in [9.17, 15) is 4.79 Å². The number of amides is 1. The fraction of sp³-hybridized carbons (Fsp3) is 0.241. The molecular formula is C29H30N2O3. The number of hydrogen-bond donors (Lipinski definition) is 1. The number of carbonyl (C=O) groups excluding carboxylic acids is 1. The highest BCUT2D eigenvalue weighted by molar-refractivity contribution is 5.90. The predicted molar refractivity (Wildman–Crippen MR) is 135 cm³/mol. The number of carbonyl (C=O) groups is 1. The summed E-state index contributed by atoms with van der Waals surface area (Å²) in [6.07, 6.45) is 11.9. The Bertz CT molecular complexity index is 1180. The lowest BCUT2D eigenvalue weighted by Crippen LogP contribution is -2.31. The van der Waals surface area contributed by atoms with Gasteiger partial charge in [0.2, 0.25) is 5.91 Å². The molecule has 0 fully saturated rings. The Morgan fingerprint density at radius 2 is 2.06 bits per heavy atom. The highest BCUT2D eigenvalue weighted by atomic mass is 16.5. The lowest BCUT2D eigenvalue weighted by atomic mass is 9.94. The normalized spacial score (nSPS) is 14.6. The van der Waals surface area contributed by atoms with Crippen molar-refractivity contribution in [3.63, 3.8) is 0 Å². The van der Waals surface area contributed by atoms with E-state index in [1.165, 1.54) is 5.56 Å². The SMILES string of the molecule is COc1ccc2c(c1)OCc1ccccc1/C2=C\C=C\C(=O)NC(C)CCCc1cccnc1. The predicted octanol–water partition coefficient (Wildman–Crippen LogP) is 5.50. The summed E-state index contributed by atoms with van der Waals surface area (Å²) in [6.45, 7) is 2.52. The first-order valence-electron chi connectivity index (χ1n) is 11.6. The van der Waals surface area contributed by atoms with Crippen LogP contribution in [0.1, 0.15) is 42.0 Å². The summed E-state index contributed by atoms with van der Waals surface area (Å²) >= 11 is 0. The Hall–Kier alpha value is -3.86. The van der Waals surface area contributed by atoms with Crippen molar-refractivity contribution >= 4 is 11.5 Å². The Kier molecular flexibility index (Phi) is 7.76. The number of aryl methyl sites for hydroxylation is 1. The van der Waals surface area contributed by atoms with Gasteiger partial charge in [0.25, 0.3) is 0 Å². The van der Waals surface area contributed by atoms with Crippen molar-refractivity contribution in [1.82, 2.24) is 10.3 Å². The zero-order valence-corrected chi connectivity index (χ0v) is 19.7. The van der Waals surface area contributed by atoms with Crippen molar-refractivity contribution in [3.05, 3.63) is 107 Å². The van der Waals surface area contributed by atoms with Crippen LogP contribution < -0.4 is 14.8 Å². The largest absolute Gasteiger partial charge is 0.497 e. The van der Waals surface area contributed by atoms with Gasteiger partial charge in [0, 0.05) is 36.1 Å². The van der Waals surface area contributed by atoms with E-state index in [0.29, 0.717) is 6.61 Å². The number of rotatable bonds is 8. The first-order valence-corrected chi connectivity index (χ1v) is 11.6. The number of fused-ring (bicyclic) bond motifs is 2. The van der Waals surface area contributed by atoms with Crippen molar-refractivity contribution in [2.45, 2.75) is 38.8 Å². The zero-order valence-electron chi connectivity index (χ0n) is 19.7. The van der Waals surface area contributed by atoms with E-state index in [2.05, 4.69) is 28.5 Å². The summed E-state index contributed by atoms with van der Waals surface area (Å²) in [5.74, 6) is 1.41. The van der Waals surface area contributed by atoms with Crippen LogP contribution in [-0.2, 0) is 17.8 Å². The van der Waals surface area contributed by atoms with Crippen molar-refractivity contribution in [1.29, 1.82) is 0 Å². The summed E-state index contributed by atoms with van der Waals surface area (Å²) in [4.78, 5) is 16.6. The van der Waals surface area contributed by atoms with Crippen LogP contribution in [0.25, 0.3) is 5.57 Å². The molecule has 1 unspecified atom stereocenters. The fourth-order valence-corrected chi connectivity index (χ4v) is 4.11. The van der Waals surface area contributed by atoms with Crippen molar-refractivity contribution in [2.75, 3.05) is 7.11 Å². The fourth-order valence-electron chi connectivity index (χ4n) is 4.11. The monoisotopic (exact) mass is 454 g/mol. The quantitative estimate of drug-likeness (QED) is 0.457. The molecule has 1 N–H and O–H groups in total. The van der Waals surface area contributed by atoms with Crippen LogP contribution in [0.15, 0.2) is 85.2 Å². The molecule has 1 atom stereocenters. The molecule has 3 aromatic rings. The molecule has 1 aliphatic rings. The second-order valence-electron chi connectivity index (χ2n) is 8.41. The van der Waals surface area contributed by atoms with Gasteiger partial charge in [0.05, 0.1) is 7.11 Å². The number of benzene rings is 2. The third kappa shape index (κ3) is 5.93. The average Bonchev–Trinajstić information content (AvgIpc) is 3.01. The van der Waals surface area contributed by atoms with Gasteiger partial charge in [-0.15, -0.1) is 0 Å². The van der Waals surface area contributed by atoms with Gasteiger partial charge in [0.1, 0.15) is 18.1 Å². The van der Waals surface area contributed by atoms with Gasteiger partial charge in [-0.1, -0.05) is 42.5 Å². The van der Waals surface area contributed by atoms with E-state index >= 15 is 0 Å². The van der Waals surface area contributed by atoms with Gasteiger partial charge in [0.15, 0.2) is 0 Å². The molecular weight excluding hydrogens is 424 g/mol. The van der Waals surface area contributed by atoms with E-state index < -0.39 is 0 Å². The molecule has 0 bridgehead atoms. The summed E-state index contributed by atoms with van der Waals surface area (Å²) in [7, 11) is 1.64. The molecule has 34 heavy (non-hydrogen) atoms. The summed E-state index contributed by atoms with van der Waals surface area (Å²) < 4.78 is 11.4. The van der Waals surface area contributed by atoms with Gasteiger partial charge in [-0.2, -0.15) is 0 Å². The van der Waals surface area contributed by atoms with Crippen molar-refractivity contribution in [3.8, 4) is 11.5 Å². The number of hydrogen-bond acceptors (Lipinski definition) is 4. The maximum absolute atomic E-state index is 12.5. The molecule has 1 amide bonds. The van der Waals surface area contributed by atoms with Crippen molar-refractivity contribution in [2.24, 2.45) is 0 Å². The third-order valence-electron chi connectivity index (χ3n) is 5.89. The highest BCUT2D eigenvalue weighted by Crippen LogP contribution is 2.38. The molecule has 0 saturated carbocycles. The topological polar surface area (TPSA) is 60.5 Å². The van der Waals surface area contributed by atoms with E-state index in [0.717, 1.165) is 53.0 Å². The Labute approximate surface area is 201 Å². The molecule has 2 heterocycles. The lowest BCUT2D eigenvalue weighted by Gasteiger charge is -2.12. The molecule has 0 radical (unpaired) electrons. The molecule has 174 valence electrons. The molecule has 1 aliphatic heterocycles. The number of nitrogens with one attached hydrogen (secondary N) is 1. The lowest BCUT2D eigenvalue weighted by molar-refractivity contribution is -0.117. The Balaban J connectivity index is 1.43. The minimum Gasteiger partial charge on any atom is -0.497 e. The molecule has 0 saturated heterocycles. The van der Waals surface area contributed by atoms with Gasteiger partial charge in [-0.3, -0.25) is 9.78 Å². The van der Waals surface area contributed by atoms with Gasteiger partial charge in [-0.25, -0.2) is 0 Å². The Morgan fingerprint density at radius 1 is 1.18 bits per heavy atom. The summed E-state index contributed by atoms with van der Waals surface area (Å²) in [5, 5.41) is 3.06. The van der Waals surface area contributed by atoms with Crippen molar-refractivity contribution < 1.29 is 14.3 Å². The second-order valence-corrected chi connectivity index (χ2v) is 8.41. The summed E-state index contributed by atoms with van der Waals surface area (Å²) in [5.41, 5.74) is 5.40. The van der Waals surface area contributed by atoms with Gasteiger partial charge < -0.3 is 14.8 Å². The van der Waals surface area contributed by atoms with Gasteiger partial charge in [-0.05, 0) is 66.6 Å². The van der Waals surface area contributed by atoms with E-state index in [-0.39, 0.29) is 11.9 Å². The van der Waals surface area contributed by atoms with E-state index in [4.69, 9.17) is 9.47 Å². The molecule has 0 spiro atoms. The molecule has 5 heteroatoms.